The molecule has 0 bridgehead atoms. The molecule has 1 aromatic carbocycles. The highest BCUT2D eigenvalue weighted by molar-refractivity contribution is 5.94. The fourth-order valence-electron chi connectivity index (χ4n) is 3.80. The van der Waals surface area contributed by atoms with Crippen LogP contribution in [0.5, 0.6) is 0 Å². The van der Waals surface area contributed by atoms with Gasteiger partial charge in [-0.1, -0.05) is 32.0 Å². The summed E-state index contributed by atoms with van der Waals surface area (Å²) >= 11 is 0. The first kappa shape index (κ1) is 29.1. The number of nitrogens with one attached hydrogen (secondary N) is 4. The third-order valence-electron chi connectivity index (χ3n) is 5.74. The van der Waals surface area contributed by atoms with Crippen LogP contribution in [0.2, 0.25) is 0 Å². The van der Waals surface area contributed by atoms with E-state index in [4.69, 9.17) is 17.2 Å². The number of guanidine groups is 1. The summed E-state index contributed by atoms with van der Waals surface area (Å²) in [6.07, 6.45) is 2.33. The van der Waals surface area contributed by atoms with Crippen LogP contribution in [0.4, 0.5) is 0 Å². The number of carboxylic acids is 1. The van der Waals surface area contributed by atoms with Gasteiger partial charge < -0.3 is 43.2 Å². The van der Waals surface area contributed by atoms with Crippen molar-refractivity contribution in [3.05, 3.63) is 36.0 Å². The Bertz CT molecular complexity index is 1130. The van der Waals surface area contributed by atoms with E-state index >= 15 is 0 Å². The Morgan fingerprint density at radius 3 is 2.35 bits per heavy atom. The van der Waals surface area contributed by atoms with Gasteiger partial charge >= 0.3 is 5.97 Å². The van der Waals surface area contributed by atoms with Crippen LogP contribution in [0.1, 0.15) is 32.3 Å². The number of fused-ring (bicyclic) bond motifs is 1. The smallest absolute Gasteiger partial charge is 0.326 e. The first-order valence-electron chi connectivity index (χ1n) is 12.0. The van der Waals surface area contributed by atoms with Crippen molar-refractivity contribution in [2.45, 2.75) is 51.2 Å². The Hall–Kier alpha value is -4.13. The van der Waals surface area contributed by atoms with Crippen molar-refractivity contribution in [3.8, 4) is 0 Å². The Morgan fingerprint density at radius 2 is 1.73 bits per heavy atom. The van der Waals surface area contributed by atoms with Gasteiger partial charge in [-0.3, -0.25) is 19.4 Å². The Morgan fingerprint density at radius 1 is 1.03 bits per heavy atom. The number of hydrogen-bond acceptors (Lipinski definition) is 6. The second kappa shape index (κ2) is 13.8. The molecule has 0 fully saturated rings. The number of amides is 3. The summed E-state index contributed by atoms with van der Waals surface area (Å²) in [7, 11) is 0. The maximum atomic E-state index is 13.1. The molecule has 3 amide bonds. The molecule has 0 aliphatic carbocycles. The number of aliphatic carboxylic acids is 1. The highest BCUT2D eigenvalue weighted by Gasteiger charge is 2.31. The van der Waals surface area contributed by atoms with Crippen molar-refractivity contribution in [2.75, 3.05) is 13.1 Å². The van der Waals surface area contributed by atoms with Gasteiger partial charge in [-0.25, -0.2) is 4.79 Å². The average molecular weight is 517 g/mol. The third-order valence-corrected chi connectivity index (χ3v) is 5.74. The molecule has 0 saturated carbocycles. The van der Waals surface area contributed by atoms with Crippen molar-refractivity contribution >= 4 is 40.6 Å². The molecular weight excluding hydrogens is 480 g/mol. The van der Waals surface area contributed by atoms with Crippen LogP contribution in [0.15, 0.2) is 35.5 Å². The molecular formula is C24H36N8O5. The highest BCUT2D eigenvalue weighted by Crippen LogP contribution is 2.19. The molecule has 2 rings (SSSR count). The van der Waals surface area contributed by atoms with Gasteiger partial charge in [0.25, 0.3) is 0 Å². The van der Waals surface area contributed by atoms with Crippen LogP contribution < -0.4 is 33.2 Å². The first-order valence-corrected chi connectivity index (χ1v) is 12.0. The van der Waals surface area contributed by atoms with E-state index in [-0.39, 0.29) is 37.8 Å². The molecule has 1 aromatic heterocycles. The SMILES string of the molecule is CC(C)C(NC(=O)C(CCCN=C(N)N)NC(=O)CN)C(=O)NC(Cc1c[nH]c2ccccc12)C(=O)O. The second-order valence-corrected chi connectivity index (χ2v) is 8.97. The summed E-state index contributed by atoms with van der Waals surface area (Å²) in [5.41, 5.74) is 17.6. The summed E-state index contributed by atoms with van der Waals surface area (Å²) in [6.45, 7) is 3.35. The molecule has 37 heavy (non-hydrogen) atoms. The normalized spacial score (nSPS) is 13.4. The van der Waals surface area contributed by atoms with E-state index < -0.39 is 41.8 Å². The molecule has 0 aliphatic rings. The molecule has 3 atom stereocenters. The summed E-state index contributed by atoms with van der Waals surface area (Å²) in [5.74, 6) is -3.48. The number of aromatic amines is 1. The van der Waals surface area contributed by atoms with Crippen LogP contribution in [0.25, 0.3) is 10.9 Å². The van der Waals surface area contributed by atoms with Gasteiger partial charge in [0.15, 0.2) is 5.96 Å². The van der Waals surface area contributed by atoms with E-state index in [0.29, 0.717) is 6.42 Å². The number of rotatable bonds is 14. The van der Waals surface area contributed by atoms with Gasteiger partial charge in [0.1, 0.15) is 18.1 Å². The monoisotopic (exact) mass is 516 g/mol. The zero-order valence-electron chi connectivity index (χ0n) is 21.0. The Labute approximate surface area is 214 Å². The number of hydrogen-bond donors (Lipinski definition) is 8. The molecule has 0 saturated heterocycles. The van der Waals surface area contributed by atoms with Crippen LogP contribution >= 0.6 is 0 Å². The number of benzene rings is 1. The number of aromatic nitrogens is 1. The number of nitrogens with zero attached hydrogens (tertiary/aromatic N) is 1. The molecule has 1 heterocycles. The number of aliphatic imine (C=N–C) groups is 1. The number of H-pyrrole nitrogens is 1. The Balaban J connectivity index is 2.12. The average Bonchev–Trinajstić information content (AvgIpc) is 3.25. The predicted octanol–water partition coefficient (Wildman–Crippen LogP) is -1.08. The molecule has 0 aliphatic heterocycles. The van der Waals surface area contributed by atoms with E-state index in [1.165, 1.54) is 0 Å². The van der Waals surface area contributed by atoms with Gasteiger partial charge in [-0.2, -0.15) is 0 Å². The van der Waals surface area contributed by atoms with Crippen LogP contribution in [-0.2, 0) is 25.6 Å². The first-order chi connectivity index (χ1) is 17.5. The van der Waals surface area contributed by atoms with Crippen LogP contribution in [0.3, 0.4) is 0 Å². The molecule has 11 N–H and O–H groups in total. The van der Waals surface area contributed by atoms with Gasteiger partial charge in [0.2, 0.25) is 17.7 Å². The minimum Gasteiger partial charge on any atom is -0.480 e. The molecule has 13 nitrogen and oxygen atoms in total. The van der Waals surface area contributed by atoms with E-state index in [2.05, 4.69) is 25.9 Å². The van der Waals surface area contributed by atoms with Gasteiger partial charge in [-0.15, -0.1) is 0 Å². The second-order valence-electron chi connectivity index (χ2n) is 8.97. The topological polar surface area (TPSA) is 231 Å². The van der Waals surface area contributed by atoms with Crippen molar-refractivity contribution in [1.82, 2.24) is 20.9 Å². The minimum atomic E-state index is -1.22. The molecule has 0 spiro atoms. The lowest BCUT2D eigenvalue weighted by atomic mass is 10.00. The highest BCUT2D eigenvalue weighted by atomic mass is 16.4. The van der Waals surface area contributed by atoms with Crippen molar-refractivity contribution in [1.29, 1.82) is 0 Å². The third kappa shape index (κ3) is 8.79. The predicted molar refractivity (Wildman–Crippen MR) is 139 cm³/mol. The summed E-state index contributed by atoms with van der Waals surface area (Å²) < 4.78 is 0. The fourth-order valence-corrected chi connectivity index (χ4v) is 3.80. The van der Waals surface area contributed by atoms with E-state index in [9.17, 15) is 24.3 Å². The van der Waals surface area contributed by atoms with E-state index in [1.54, 1.807) is 20.0 Å². The molecule has 2 aromatic rings. The standard InChI is InChI=1S/C24H36N8O5/c1-13(2)20(32-21(34)17(30-19(33)11-25)8-5-9-28-24(26)27)22(35)31-18(23(36)37)10-14-12-29-16-7-4-3-6-15(14)16/h3-4,6-7,12-13,17-18,20,29H,5,8-11,25H2,1-2H3,(H,30,33)(H,31,35)(H,32,34)(H,36,37)(H4,26,27,28). The minimum absolute atomic E-state index is 0.0455. The fraction of sp³-hybridized carbons (Fsp3) is 0.458. The van der Waals surface area contributed by atoms with Gasteiger partial charge in [0, 0.05) is 30.1 Å². The Kier molecular flexibility index (Phi) is 10.9. The van der Waals surface area contributed by atoms with E-state index in [0.717, 1.165) is 16.5 Å². The maximum Gasteiger partial charge on any atom is 0.326 e. The van der Waals surface area contributed by atoms with Gasteiger partial charge in [0.05, 0.1) is 6.54 Å². The number of nitrogens with two attached hydrogens (primary N) is 3. The maximum absolute atomic E-state index is 13.1. The van der Waals surface area contributed by atoms with Crippen molar-refractivity contribution in [3.63, 3.8) is 0 Å². The number of carbonyl (C=O) groups excluding carboxylic acids is 3. The molecule has 0 radical (unpaired) electrons. The van der Waals surface area contributed by atoms with Crippen molar-refractivity contribution < 1.29 is 24.3 Å². The van der Waals surface area contributed by atoms with Crippen molar-refractivity contribution in [2.24, 2.45) is 28.1 Å². The lowest BCUT2D eigenvalue weighted by Gasteiger charge is -2.26. The zero-order valence-corrected chi connectivity index (χ0v) is 21.0. The van der Waals surface area contributed by atoms with Crippen LogP contribution in [0, 0.1) is 5.92 Å². The van der Waals surface area contributed by atoms with Gasteiger partial charge in [-0.05, 0) is 30.4 Å². The molecule has 3 unspecified atom stereocenters. The lowest BCUT2D eigenvalue weighted by molar-refractivity contribution is -0.142. The summed E-state index contributed by atoms with van der Waals surface area (Å²) in [4.78, 5) is 56.9. The molecule has 13 heteroatoms. The van der Waals surface area contributed by atoms with E-state index in [1.807, 2.05) is 24.3 Å². The quantitative estimate of drug-likeness (QED) is 0.0871. The largest absolute Gasteiger partial charge is 0.480 e. The number of carboxylic acid groups (broad SMARTS) is 1. The van der Waals surface area contributed by atoms with Crippen LogP contribution in [-0.4, -0.2) is 71.0 Å². The lowest BCUT2D eigenvalue weighted by Crippen LogP contribution is -2.58. The number of carbonyl (C=O) groups is 4. The summed E-state index contributed by atoms with van der Waals surface area (Å²) in [6, 6.07) is 4.18. The molecule has 202 valence electrons. The zero-order chi connectivity index (χ0) is 27.5. The summed E-state index contributed by atoms with van der Waals surface area (Å²) in [5, 5.41) is 18.3. The number of para-hydroxylation sites is 1.